The first kappa shape index (κ1) is 11.9. The second-order valence-corrected chi connectivity index (χ2v) is 4.29. The van der Waals surface area contributed by atoms with Gasteiger partial charge in [-0.05, 0) is 18.5 Å². The number of nitrogens with zero attached hydrogens (tertiary/aromatic N) is 1. The minimum Gasteiger partial charge on any atom is -0.395 e. The van der Waals surface area contributed by atoms with Crippen molar-refractivity contribution < 1.29 is 5.11 Å². The third-order valence-corrected chi connectivity index (χ3v) is 2.43. The zero-order valence-electron chi connectivity index (χ0n) is 9.09. The molecule has 2 nitrogen and oxygen atoms in total. The minimum atomic E-state index is 0.167. The highest BCUT2D eigenvalue weighted by Gasteiger charge is 2.27. The van der Waals surface area contributed by atoms with Crippen LogP contribution in [0.3, 0.4) is 0 Å². The Balaban J connectivity index is 4.31. The molecule has 0 radical (unpaired) electrons. The van der Waals surface area contributed by atoms with Gasteiger partial charge in [0.15, 0.2) is 0 Å². The van der Waals surface area contributed by atoms with Crippen molar-refractivity contribution >= 4 is 0 Å². The van der Waals surface area contributed by atoms with Crippen molar-refractivity contribution in [3.05, 3.63) is 0 Å². The molecule has 74 valence electrons. The number of hydrogen-bond donors (Lipinski definition) is 1. The number of rotatable bonds is 4. The summed E-state index contributed by atoms with van der Waals surface area (Å²) < 4.78 is 0. The zero-order chi connectivity index (χ0) is 9.78. The van der Waals surface area contributed by atoms with Crippen molar-refractivity contribution in [1.29, 1.82) is 0 Å². The lowest BCUT2D eigenvalue weighted by Gasteiger charge is -2.37. The van der Waals surface area contributed by atoms with Gasteiger partial charge in [0.1, 0.15) is 0 Å². The van der Waals surface area contributed by atoms with Crippen LogP contribution in [0, 0.1) is 5.41 Å². The molecule has 1 unspecified atom stereocenters. The summed E-state index contributed by atoms with van der Waals surface area (Å²) in [7, 11) is 0. The quantitative estimate of drug-likeness (QED) is 0.700. The predicted octanol–water partition coefficient (Wildman–Crippen LogP) is 1.74. The standard InChI is InChI=1S/C10H23NO/c1-6-11(7-2)9(8-12)10(3,4)5/h9,12H,6-8H2,1-5H3. The molecule has 0 heterocycles. The SMILES string of the molecule is CCN(CC)C(CO)C(C)(C)C. The fourth-order valence-corrected chi connectivity index (χ4v) is 1.60. The van der Waals surface area contributed by atoms with Gasteiger partial charge in [0, 0.05) is 6.04 Å². The van der Waals surface area contributed by atoms with E-state index in [-0.39, 0.29) is 18.1 Å². The van der Waals surface area contributed by atoms with Crippen LogP contribution in [0.15, 0.2) is 0 Å². The van der Waals surface area contributed by atoms with Gasteiger partial charge < -0.3 is 5.11 Å². The molecule has 0 amide bonds. The van der Waals surface area contributed by atoms with Gasteiger partial charge in [-0.25, -0.2) is 0 Å². The van der Waals surface area contributed by atoms with E-state index in [1.54, 1.807) is 0 Å². The summed E-state index contributed by atoms with van der Waals surface area (Å²) in [5.41, 5.74) is 0.167. The second kappa shape index (κ2) is 4.83. The van der Waals surface area contributed by atoms with Crippen molar-refractivity contribution in [2.24, 2.45) is 5.41 Å². The van der Waals surface area contributed by atoms with Gasteiger partial charge in [-0.1, -0.05) is 34.6 Å². The molecule has 0 aromatic heterocycles. The lowest BCUT2D eigenvalue weighted by molar-refractivity contribution is 0.0552. The molecule has 12 heavy (non-hydrogen) atoms. The van der Waals surface area contributed by atoms with Crippen molar-refractivity contribution in [3.63, 3.8) is 0 Å². The molecule has 0 rings (SSSR count). The fraction of sp³-hybridized carbons (Fsp3) is 1.00. The fourth-order valence-electron chi connectivity index (χ4n) is 1.60. The van der Waals surface area contributed by atoms with E-state index in [1.165, 1.54) is 0 Å². The average Bonchev–Trinajstić information content (AvgIpc) is 1.97. The zero-order valence-corrected chi connectivity index (χ0v) is 9.09. The summed E-state index contributed by atoms with van der Waals surface area (Å²) in [5, 5.41) is 9.25. The van der Waals surface area contributed by atoms with Crippen molar-refractivity contribution in [2.45, 2.75) is 40.7 Å². The lowest BCUT2D eigenvalue weighted by Crippen LogP contribution is -2.46. The Morgan fingerprint density at radius 1 is 1.17 bits per heavy atom. The summed E-state index contributed by atoms with van der Waals surface area (Å²) >= 11 is 0. The Bertz CT molecular complexity index is 113. The van der Waals surface area contributed by atoms with Gasteiger partial charge in [-0.15, -0.1) is 0 Å². The monoisotopic (exact) mass is 173 g/mol. The van der Waals surface area contributed by atoms with Crippen LogP contribution in [-0.4, -0.2) is 35.7 Å². The first-order valence-electron chi connectivity index (χ1n) is 4.82. The van der Waals surface area contributed by atoms with Gasteiger partial charge >= 0.3 is 0 Å². The predicted molar refractivity (Wildman–Crippen MR) is 53.2 cm³/mol. The molecule has 0 aromatic rings. The number of aliphatic hydroxyl groups is 1. The van der Waals surface area contributed by atoms with Gasteiger partial charge in [0.25, 0.3) is 0 Å². The molecule has 0 aliphatic carbocycles. The Morgan fingerprint density at radius 2 is 1.58 bits per heavy atom. The molecule has 0 aromatic carbocycles. The Kier molecular flexibility index (Phi) is 4.80. The third-order valence-electron chi connectivity index (χ3n) is 2.43. The third kappa shape index (κ3) is 3.11. The molecule has 2 heteroatoms. The minimum absolute atomic E-state index is 0.167. The smallest absolute Gasteiger partial charge is 0.0591 e. The number of hydrogen-bond acceptors (Lipinski definition) is 2. The van der Waals surface area contributed by atoms with E-state index < -0.39 is 0 Å². The highest BCUT2D eigenvalue weighted by molar-refractivity contribution is 4.81. The van der Waals surface area contributed by atoms with Gasteiger partial charge in [-0.3, -0.25) is 4.90 Å². The van der Waals surface area contributed by atoms with Crippen molar-refractivity contribution in [1.82, 2.24) is 4.90 Å². The van der Waals surface area contributed by atoms with E-state index in [1.807, 2.05) is 0 Å². The maximum Gasteiger partial charge on any atom is 0.0591 e. The van der Waals surface area contributed by atoms with E-state index in [0.29, 0.717) is 0 Å². The van der Waals surface area contributed by atoms with Crippen LogP contribution < -0.4 is 0 Å². The van der Waals surface area contributed by atoms with Gasteiger partial charge in [-0.2, -0.15) is 0 Å². The van der Waals surface area contributed by atoms with E-state index >= 15 is 0 Å². The Labute approximate surface area is 76.6 Å². The molecule has 1 N–H and O–H groups in total. The molecule has 0 saturated heterocycles. The maximum atomic E-state index is 9.25. The summed E-state index contributed by atoms with van der Waals surface area (Å²) in [6, 6.07) is 0.285. The highest BCUT2D eigenvalue weighted by Crippen LogP contribution is 2.23. The molecule has 0 spiro atoms. The van der Waals surface area contributed by atoms with E-state index in [2.05, 4.69) is 39.5 Å². The topological polar surface area (TPSA) is 23.5 Å². The largest absolute Gasteiger partial charge is 0.395 e. The average molecular weight is 173 g/mol. The van der Waals surface area contributed by atoms with Crippen LogP contribution in [0.1, 0.15) is 34.6 Å². The lowest BCUT2D eigenvalue weighted by atomic mass is 9.86. The number of aliphatic hydroxyl groups excluding tert-OH is 1. The molecular weight excluding hydrogens is 150 g/mol. The van der Waals surface area contributed by atoms with Gasteiger partial charge in [0.05, 0.1) is 6.61 Å². The van der Waals surface area contributed by atoms with E-state index in [4.69, 9.17) is 0 Å². The second-order valence-electron chi connectivity index (χ2n) is 4.29. The molecule has 0 aliphatic rings. The first-order valence-corrected chi connectivity index (χ1v) is 4.82. The van der Waals surface area contributed by atoms with Crippen molar-refractivity contribution in [3.8, 4) is 0 Å². The first-order chi connectivity index (χ1) is 5.47. The summed E-state index contributed by atoms with van der Waals surface area (Å²) in [5.74, 6) is 0. The Morgan fingerprint density at radius 3 is 1.67 bits per heavy atom. The molecule has 1 atom stereocenters. The molecule has 0 fully saturated rings. The maximum absolute atomic E-state index is 9.25. The van der Waals surface area contributed by atoms with Gasteiger partial charge in [0.2, 0.25) is 0 Å². The summed E-state index contributed by atoms with van der Waals surface area (Å²) in [6.07, 6.45) is 0. The Hall–Kier alpha value is -0.0800. The highest BCUT2D eigenvalue weighted by atomic mass is 16.3. The van der Waals surface area contributed by atoms with Crippen LogP contribution in [0.5, 0.6) is 0 Å². The summed E-state index contributed by atoms with van der Waals surface area (Å²) in [4.78, 5) is 2.31. The van der Waals surface area contributed by atoms with Crippen LogP contribution in [0.4, 0.5) is 0 Å². The summed E-state index contributed by atoms with van der Waals surface area (Å²) in [6.45, 7) is 13.1. The van der Waals surface area contributed by atoms with E-state index in [0.717, 1.165) is 13.1 Å². The van der Waals surface area contributed by atoms with Crippen molar-refractivity contribution in [2.75, 3.05) is 19.7 Å². The van der Waals surface area contributed by atoms with Crippen LogP contribution in [0.25, 0.3) is 0 Å². The molecular formula is C10H23NO. The van der Waals surface area contributed by atoms with Crippen LogP contribution >= 0.6 is 0 Å². The van der Waals surface area contributed by atoms with Crippen LogP contribution in [0.2, 0.25) is 0 Å². The molecule has 0 bridgehead atoms. The molecule has 0 saturated carbocycles. The molecule has 0 aliphatic heterocycles. The van der Waals surface area contributed by atoms with Crippen LogP contribution in [-0.2, 0) is 0 Å². The van der Waals surface area contributed by atoms with E-state index in [9.17, 15) is 5.11 Å². The number of likely N-dealkylation sites (N-methyl/N-ethyl adjacent to an activating group) is 1. The normalized spacial score (nSPS) is 15.2.